The first-order chi connectivity index (χ1) is 7.74. The second-order valence-electron chi connectivity index (χ2n) is 3.90. The zero-order valence-electron chi connectivity index (χ0n) is 8.57. The van der Waals surface area contributed by atoms with Crippen LogP contribution in [0.4, 0.5) is 4.39 Å². The molecule has 0 fully saturated rings. The molecule has 0 saturated heterocycles. The van der Waals surface area contributed by atoms with Crippen LogP contribution in [0.25, 0.3) is 11.1 Å². The molecule has 2 aromatic rings. The fraction of sp³-hybridized carbons (Fsp3) is 0.154. The average Bonchev–Trinajstić information content (AvgIpc) is 2.83. The molecule has 1 radical (unpaired) electrons. The summed E-state index contributed by atoms with van der Waals surface area (Å²) < 4.78 is 24.0. The second-order valence-corrected chi connectivity index (χ2v) is 3.90. The zero-order valence-corrected chi connectivity index (χ0v) is 8.57. The fourth-order valence-electron chi connectivity index (χ4n) is 2.03. The van der Waals surface area contributed by atoms with Gasteiger partial charge in [-0.2, -0.15) is 0 Å². The Labute approximate surface area is 92.7 Å². The third-order valence-corrected chi connectivity index (χ3v) is 2.69. The van der Waals surface area contributed by atoms with Crippen molar-refractivity contribution in [1.82, 2.24) is 0 Å². The number of rotatable bonds is 1. The SMILES string of the molecule is [CH2]C1Cc2cc(F)cc(-c3ccoc3)c2O1. The number of ether oxygens (including phenoxy) is 1. The van der Waals surface area contributed by atoms with Crippen molar-refractivity contribution in [2.45, 2.75) is 12.5 Å². The van der Waals surface area contributed by atoms with Gasteiger partial charge in [-0.3, -0.25) is 0 Å². The number of benzene rings is 1. The second kappa shape index (κ2) is 3.37. The molecule has 0 bridgehead atoms. The third kappa shape index (κ3) is 1.40. The molecule has 1 aliphatic heterocycles. The van der Waals surface area contributed by atoms with Gasteiger partial charge in [0, 0.05) is 23.1 Å². The lowest BCUT2D eigenvalue weighted by Gasteiger charge is -2.07. The number of hydrogen-bond donors (Lipinski definition) is 0. The molecule has 1 atom stereocenters. The maximum absolute atomic E-state index is 13.4. The van der Waals surface area contributed by atoms with Crippen molar-refractivity contribution >= 4 is 0 Å². The van der Waals surface area contributed by atoms with E-state index in [2.05, 4.69) is 6.92 Å². The molecular weight excluding hydrogens is 207 g/mol. The molecule has 3 heteroatoms. The van der Waals surface area contributed by atoms with Gasteiger partial charge < -0.3 is 9.15 Å². The van der Waals surface area contributed by atoms with E-state index in [1.165, 1.54) is 12.1 Å². The molecule has 1 aliphatic rings. The van der Waals surface area contributed by atoms with Gasteiger partial charge in [0.25, 0.3) is 0 Å². The van der Waals surface area contributed by atoms with Gasteiger partial charge >= 0.3 is 0 Å². The van der Waals surface area contributed by atoms with Crippen molar-refractivity contribution in [3.05, 3.63) is 49.0 Å². The summed E-state index contributed by atoms with van der Waals surface area (Å²) in [7, 11) is 0. The first kappa shape index (κ1) is 9.46. The average molecular weight is 217 g/mol. The van der Waals surface area contributed by atoms with Gasteiger partial charge in [0.2, 0.25) is 0 Å². The van der Waals surface area contributed by atoms with E-state index >= 15 is 0 Å². The van der Waals surface area contributed by atoms with Crippen LogP contribution in [0.3, 0.4) is 0 Å². The Kier molecular flexibility index (Phi) is 1.99. The molecule has 0 spiro atoms. The molecule has 1 aromatic carbocycles. The maximum atomic E-state index is 13.4. The van der Waals surface area contributed by atoms with Gasteiger partial charge in [-0.15, -0.1) is 0 Å². The highest BCUT2D eigenvalue weighted by Gasteiger charge is 2.24. The van der Waals surface area contributed by atoms with Gasteiger partial charge in [-0.25, -0.2) is 4.39 Å². The molecule has 2 nitrogen and oxygen atoms in total. The highest BCUT2D eigenvalue weighted by molar-refractivity contribution is 5.72. The Hall–Kier alpha value is -1.77. The van der Waals surface area contributed by atoms with Crippen molar-refractivity contribution < 1.29 is 13.5 Å². The summed E-state index contributed by atoms with van der Waals surface area (Å²) in [5.74, 6) is 0.468. The van der Waals surface area contributed by atoms with E-state index in [0.717, 1.165) is 22.4 Å². The Bertz CT molecular complexity index is 517. The fourth-order valence-corrected chi connectivity index (χ4v) is 2.03. The van der Waals surface area contributed by atoms with E-state index in [4.69, 9.17) is 9.15 Å². The van der Waals surface area contributed by atoms with Crippen LogP contribution in [-0.2, 0) is 6.42 Å². The summed E-state index contributed by atoms with van der Waals surface area (Å²) in [6.07, 6.45) is 3.65. The predicted molar refractivity (Wildman–Crippen MR) is 57.6 cm³/mol. The van der Waals surface area contributed by atoms with Crippen molar-refractivity contribution in [2.24, 2.45) is 0 Å². The molecule has 0 amide bonds. The lowest BCUT2D eigenvalue weighted by Crippen LogP contribution is -2.06. The minimum Gasteiger partial charge on any atom is -0.489 e. The maximum Gasteiger partial charge on any atom is 0.131 e. The van der Waals surface area contributed by atoms with E-state index in [-0.39, 0.29) is 11.9 Å². The molecule has 0 N–H and O–H groups in total. The van der Waals surface area contributed by atoms with Gasteiger partial charge in [-0.1, -0.05) is 0 Å². The largest absolute Gasteiger partial charge is 0.489 e. The monoisotopic (exact) mass is 217 g/mol. The molecule has 81 valence electrons. The van der Waals surface area contributed by atoms with Crippen LogP contribution >= 0.6 is 0 Å². The van der Waals surface area contributed by atoms with Gasteiger partial charge in [-0.05, 0) is 25.1 Å². The van der Waals surface area contributed by atoms with Crippen LogP contribution in [0.1, 0.15) is 5.56 Å². The van der Waals surface area contributed by atoms with Crippen LogP contribution in [-0.4, -0.2) is 6.10 Å². The summed E-state index contributed by atoms with van der Waals surface area (Å²) in [6.45, 7) is 3.84. The standard InChI is InChI=1S/C13H10FO2/c1-8-4-10-5-11(14)6-12(13(10)16-8)9-2-3-15-7-9/h2-3,5-8H,1,4H2. The van der Waals surface area contributed by atoms with Crippen molar-refractivity contribution in [3.8, 4) is 16.9 Å². The molecule has 0 aliphatic carbocycles. The summed E-state index contributed by atoms with van der Waals surface area (Å²) >= 11 is 0. The predicted octanol–water partition coefficient (Wildman–Crippen LogP) is 3.22. The molecule has 1 aromatic heterocycles. The Morgan fingerprint density at radius 3 is 3.00 bits per heavy atom. The van der Waals surface area contributed by atoms with E-state index in [9.17, 15) is 4.39 Å². The lowest BCUT2D eigenvalue weighted by molar-refractivity contribution is 0.282. The Morgan fingerprint density at radius 1 is 1.38 bits per heavy atom. The van der Waals surface area contributed by atoms with E-state index in [1.54, 1.807) is 18.6 Å². The first-order valence-electron chi connectivity index (χ1n) is 5.09. The third-order valence-electron chi connectivity index (χ3n) is 2.69. The molecule has 0 saturated carbocycles. The summed E-state index contributed by atoms with van der Waals surface area (Å²) in [5, 5.41) is 0. The minimum absolute atomic E-state index is 0.137. The van der Waals surface area contributed by atoms with Crippen molar-refractivity contribution in [2.75, 3.05) is 0 Å². The summed E-state index contributed by atoms with van der Waals surface area (Å²) in [6, 6.07) is 4.75. The number of furan rings is 1. The van der Waals surface area contributed by atoms with Crippen LogP contribution in [0.5, 0.6) is 5.75 Å². The normalized spacial score (nSPS) is 18.2. The highest BCUT2D eigenvalue weighted by atomic mass is 19.1. The highest BCUT2D eigenvalue weighted by Crippen LogP contribution is 2.39. The molecule has 1 unspecified atom stereocenters. The Morgan fingerprint density at radius 2 is 2.25 bits per heavy atom. The van der Waals surface area contributed by atoms with Crippen LogP contribution in [0, 0.1) is 12.7 Å². The van der Waals surface area contributed by atoms with Crippen molar-refractivity contribution in [1.29, 1.82) is 0 Å². The molecule has 3 rings (SSSR count). The lowest BCUT2D eigenvalue weighted by atomic mass is 10.0. The number of fused-ring (bicyclic) bond motifs is 1. The van der Waals surface area contributed by atoms with Crippen LogP contribution < -0.4 is 4.74 Å². The summed E-state index contributed by atoms with van der Waals surface area (Å²) in [4.78, 5) is 0. The van der Waals surface area contributed by atoms with Gasteiger partial charge in [0.15, 0.2) is 0 Å². The molecule has 2 heterocycles. The number of hydrogen-bond acceptors (Lipinski definition) is 2. The zero-order chi connectivity index (χ0) is 11.1. The smallest absolute Gasteiger partial charge is 0.131 e. The van der Waals surface area contributed by atoms with E-state index in [1.807, 2.05) is 0 Å². The molecule has 16 heavy (non-hydrogen) atoms. The molecular formula is C13H10FO2. The van der Waals surface area contributed by atoms with Crippen LogP contribution in [0.15, 0.2) is 35.1 Å². The quantitative estimate of drug-likeness (QED) is 0.731. The Balaban J connectivity index is 2.19. The number of halogens is 1. The first-order valence-corrected chi connectivity index (χ1v) is 5.09. The summed E-state index contributed by atoms with van der Waals surface area (Å²) in [5.41, 5.74) is 2.43. The van der Waals surface area contributed by atoms with Crippen molar-refractivity contribution in [3.63, 3.8) is 0 Å². The van der Waals surface area contributed by atoms with Gasteiger partial charge in [0.1, 0.15) is 17.7 Å². The van der Waals surface area contributed by atoms with Crippen LogP contribution in [0.2, 0.25) is 0 Å². The van der Waals surface area contributed by atoms with E-state index < -0.39 is 0 Å². The topological polar surface area (TPSA) is 22.4 Å². The minimum atomic E-state index is -0.257. The van der Waals surface area contributed by atoms with Gasteiger partial charge in [0.05, 0.1) is 12.5 Å². The van der Waals surface area contributed by atoms with E-state index in [0.29, 0.717) is 6.42 Å².